The Morgan fingerprint density at radius 2 is 1.82 bits per heavy atom. The minimum absolute atomic E-state index is 0.120. The number of hydrogen-bond acceptors (Lipinski definition) is 6. The molecule has 0 aliphatic carbocycles. The van der Waals surface area contributed by atoms with Gasteiger partial charge >= 0.3 is 6.09 Å². The van der Waals surface area contributed by atoms with Crippen LogP contribution in [-0.4, -0.2) is 22.8 Å². The predicted octanol–water partition coefficient (Wildman–Crippen LogP) is 5.61. The molecule has 1 aromatic heterocycles. The Kier molecular flexibility index (Phi) is 7.01. The first-order valence-corrected chi connectivity index (χ1v) is 10.3. The van der Waals surface area contributed by atoms with Crippen molar-refractivity contribution < 1.29 is 28.0 Å². The lowest BCUT2D eigenvalue weighted by molar-refractivity contribution is 0.0635. The van der Waals surface area contributed by atoms with E-state index in [-0.39, 0.29) is 23.5 Å². The first-order valence-electron chi connectivity index (χ1n) is 10.3. The van der Waals surface area contributed by atoms with Gasteiger partial charge in [-0.25, -0.2) is 9.18 Å². The molecule has 0 atom stereocenters. The molecule has 3 rings (SSSR count). The number of aromatic nitrogens is 1. The van der Waals surface area contributed by atoms with Gasteiger partial charge in [0.25, 0.3) is 5.91 Å². The van der Waals surface area contributed by atoms with E-state index >= 15 is 0 Å². The highest BCUT2D eigenvalue weighted by molar-refractivity contribution is 6.06. The molecule has 8 nitrogen and oxygen atoms in total. The van der Waals surface area contributed by atoms with Crippen molar-refractivity contribution in [3.63, 3.8) is 0 Å². The van der Waals surface area contributed by atoms with E-state index < -0.39 is 23.4 Å². The Balaban J connectivity index is 1.73. The molecule has 0 aliphatic heterocycles. The highest BCUT2D eigenvalue weighted by atomic mass is 19.1. The van der Waals surface area contributed by atoms with Gasteiger partial charge in [-0.05, 0) is 65.0 Å². The Labute approximate surface area is 191 Å². The van der Waals surface area contributed by atoms with E-state index in [1.165, 1.54) is 12.1 Å². The van der Waals surface area contributed by atoms with E-state index in [9.17, 15) is 14.0 Å². The summed E-state index contributed by atoms with van der Waals surface area (Å²) in [5.74, 6) is -0.115. The average molecular weight is 455 g/mol. The van der Waals surface area contributed by atoms with Gasteiger partial charge in [-0.15, -0.1) is 0 Å². The molecule has 0 saturated carbocycles. The van der Waals surface area contributed by atoms with Crippen LogP contribution in [0.1, 0.15) is 48.1 Å². The molecule has 3 aromatic rings. The van der Waals surface area contributed by atoms with Gasteiger partial charge in [0, 0.05) is 5.69 Å². The van der Waals surface area contributed by atoms with Crippen LogP contribution >= 0.6 is 0 Å². The van der Waals surface area contributed by atoms with Gasteiger partial charge in [-0.2, -0.15) is 0 Å². The molecule has 0 aliphatic rings. The number of rotatable bonds is 6. The van der Waals surface area contributed by atoms with Crippen molar-refractivity contribution >= 4 is 23.4 Å². The first kappa shape index (κ1) is 23.8. The smallest absolute Gasteiger partial charge is 0.412 e. The standard InChI is InChI=1S/C24H26FN3O5/c1-14-18(15(2)33-28-14)13-31-21-9-7-6-8-17(21)22(29)26-16-10-11-19(25)20(12-16)27-23(30)32-24(3,4)5/h6-12H,13H2,1-5H3,(H,26,29)(H,27,30). The van der Waals surface area contributed by atoms with Crippen molar-refractivity contribution in [1.82, 2.24) is 5.16 Å². The van der Waals surface area contributed by atoms with E-state index in [0.717, 1.165) is 11.6 Å². The molecule has 9 heteroatoms. The van der Waals surface area contributed by atoms with E-state index in [0.29, 0.717) is 17.2 Å². The van der Waals surface area contributed by atoms with Crippen molar-refractivity contribution in [2.45, 2.75) is 46.8 Å². The fourth-order valence-corrected chi connectivity index (χ4v) is 2.95. The van der Waals surface area contributed by atoms with Crippen LogP contribution < -0.4 is 15.4 Å². The van der Waals surface area contributed by atoms with Gasteiger partial charge in [0.05, 0.1) is 22.5 Å². The molecule has 33 heavy (non-hydrogen) atoms. The Bertz CT molecular complexity index is 1150. The summed E-state index contributed by atoms with van der Waals surface area (Å²) < 4.78 is 30.3. The summed E-state index contributed by atoms with van der Waals surface area (Å²) in [5.41, 5.74) is 1.24. The van der Waals surface area contributed by atoms with Crippen LogP contribution in [0, 0.1) is 19.7 Å². The van der Waals surface area contributed by atoms with Crippen LogP contribution in [0.3, 0.4) is 0 Å². The maximum Gasteiger partial charge on any atom is 0.412 e. The number of aryl methyl sites for hydroxylation is 2. The van der Waals surface area contributed by atoms with E-state index in [1.807, 2.05) is 6.92 Å². The van der Waals surface area contributed by atoms with Crippen LogP contribution in [0.25, 0.3) is 0 Å². The van der Waals surface area contributed by atoms with Crippen LogP contribution in [0.4, 0.5) is 20.6 Å². The molecule has 0 spiro atoms. The third-order valence-electron chi connectivity index (χ3n) is 4.54. The first-order chi connectivity index (χ1) is 15.5. The van der Waals surface area contributed by atoms with Crippen molar-refractivity contribution in [3.8, 4) is 5.75 Å². The molecule has 0 unspecified atom stereocenters. The van der Waals surface area contributed by atoms with E-state index in [4.69, 9.17) is 14.0 Å². The summed E-state index contributed by atoms with van der Waals surface area (Å²) in [6.07, 6.45) is -0.803. The number of anilines is 2. The van der Waals surface area contributed by atoms with Gasteiger partial charge in [-0.3, -0.25) is 10.1 Å². The van der Waals surface area contributed by atoms with Crippen LogP contribution in [0.15, 0.2) is 47.0 Å². The molecule has 0 fully saturated rings. The molecule has 2 N–H and O–H groups in total. The molecule has 0 radical (unpaired) electrons. The molecular weight excluding hydrogens is 429 g/mol. The summed E-state index contributed by atoms with van der Waals surface area (Å²) in [5, 5.41) is 8.94. The van der Waals surface area contributed by atoms with Gasteiger partial charge in [0.15, 0.2) is 0 Å². The van der Waals surface area contributed by atoms with Crippen molar-refractivity contribution in [1.29, 1.82) is 0 Å². The van der Waals surface area contributed by atoms with Gasteiger partial charge in [-0.1, -0.05) is 17.3 Å². The SMILES string of the molecule is Cc1noc(C)c1COc1ccccc1C(=O)Nc1ccc(F)c(NC(=O)OC(C)(C)C)c1. The quantitative estimate of drug-likeness (QED) is 0.501. The monoisotopic (exact) mass is 455 g/mol. The molecule has 174 valence electrons. The zero-order valence-electron chi connectivity index (χ0n) is 19.1. The number of amides is 2. The van der Waals surface area contributed by atoms with Gasteiger partial charge in [0.1, 0.15) is 29.5 Å². The summed E-state index contributed by atoms with van der Waals surface area (Å²) in [4.78, 5) is 24.9. The fraction of sp³-hybridized carbons (Fsp3) is 0.292. The number of nitrogens with one attached hydrogen (secondary N) is 2. The minimum Gasteiger partial charge on any atom is -0.488 e. The van der Waals surface area contributed by atoms with Crippen LogP contribution in [0.5, 0.6) is 5.75 Å². The second-order valence-electron chi connectivity index (χ2n) is 8.36. The average Bonchev–Trinajstić information content (AvgIpc) is 3.05. The summed E-state index contributed by atoms with van der Waals surface area (Å²) in [6.45, 7) is 8.88. The highest BCUT2D eigenvalue weighted by Crippen LogP contribution is 2.25. The summed E-state index contributed by atoms with van der Waals surface area (Å²) >= 11 is 0. The van der Waals surface area contributed by atoms with Crippen molar-refractivity contribution in [2.75, 3.05) is 10.6 Å². The number of carbonyl (C=O) groups excluding carboxylic acids is 2. The normalized spacial score (nSPS) is 11.1. The lowest BCUT2D eigenvalue weighted by atomic mass is 10.1. The van der Waals surface area contributed by atoms with Crippen molar-refractivity contribution in [3.05, 3.63) is 70.9 Å². The van der Waals surface area contributed by atoms with Gasteiger partial charge in [0.2, 0.25) is 0 Å². The predicted molar refractivity (Wildman–Crippen MR) is 121 cm³/mol. The number of carbonyl (C=O) groups is 2. The fourth-order valence-electron chi connectivity index (χ4n) is 2.95. The second-order valence-corrected chi connectivity index (χ2v) is 8.36. The molecule has 0 bridgehead atoms. The Morgan fingerprint density at radius 3 is 2.48 bits per heavy atom. The number of ether oxygens (including phenoxy) is 2. The number of halogens is 1. The lowest BCUT2D eigenvalue weighted by Crippen LogP contribution is -2.27. The van der Waals surface area contributed by atoms with Crippen LogP contribution in [0.2, 0.25) is 0 Å². The van der Waals surface area contributed by atoms with Crippen molar-refractivity contribution in [2.24, 2.45) is 0 Å². The maximum absolute atomic E-state index is 14.2. The van der Waals surface area contributed by atoms with Gasteiger partial charge < -0.3 is 19.3 Å². The Morgan fingerprint density at radius 1 is 1.09 bits per heavy atom. The second kappa shape index (κ2) is 9.72. The largest absolute Gasteiger partial charge is 0.488 e. The number of para-hydroxylation sites is 1. The van der Waals surface area contributed by atoms with Crippen LogP contribution in [-0.2, 0) is 11.3 Å². The molecule has 2 aromatic carbocycles. The Hall–Kier alpha value is -3.88. The zero-order valence-corrected chi connectivity index (χ0v) is 19.1. The third kappa shape index (κ3) is 6.31. The molecular formula is C24H26FN3O5. The minimum atomic E-state index is -0.803. The maximum atomic E-state index is 14.2. The summed E-state index contributed by atoms with van der Waals surface area (Å²) in [7, 11) is 0. The zero-order chi connectivity index (χ0) is 24.2. The molecule has 0 saturated heterocycles. The molecule has 1 heterocycles. The number of benzene rings is 2. The van der Waals surface area contributed by atoms with E-state index in [1.54, 1.807) is 52.0 Å². The lowest BCUT2D eigenvalue weighted by Gasteiger charge is -2.20. The third-order valence-corrected chi connectivity index (χ3v) is 4.54. The topological polar surface area (TPSA) is 103 Å². The summed E-state index contributed by atoms with van der Waals surface area (Å²) in [6, 6.07) is 10.6. The highest BCUT2D eigenvalue weighted by Gasteiger charge is 2.19. The molecule has 2 amide bonds. The van der Waals surface area contributed by atoms with E-state index in [2.05, 4.69) is 15.8 Å². The number of hydrogen-bond donors (Lipinski definition) is 2. The number of nitrogens with zero attached hydrogens (tertiary/aromatic N) is 1.